The molecule has 2 aliphatic rings. The third-order valence-corrected chi connectivity index (χ3v) is 5.10. The van der Waals surface area contributed by atoms with Crippen LogP contribution in [0.2, 0.25) is 0 Å². The molecule has 1 unspecified atom stereocenters. The van der Waals surface area contributed by atoms with E-state index in [1.165, 1.54) is 38.0 Å². The van der Waals surface area contributed by atoms with Crippen LogP contribution in [0.25, 0.3) is 0 Å². The minimum atomic E-state index is 0.556. The zero-order chi connectivity index (χ0) is 14.7. The van der Waals surface area contributed by atoms with Gasteiger partial charge in [-0.2, -0.15) is 5.10 Å². The van der Waals surface area contributed by atoms with E-state index < -0.39 is 0 Å². The Morgan fingerprint density at radius 3 is 2.81 bits per heavy atom. The highest BCUT2D eigenvalue weighted by Crippen LogP contribution is 2.31. The zero-order valence-electron chi connectivity index (χ0n) is 13.6. The van der Waals surface area contributed by atoms with E-state index in [0.717, 1.165) is 37.9 Å². The van der Waals surface area contributed by atoms with E-state index in [-0.39, 0.29) is 0 Å². The molecule has 2 fully saturated rings. The van der Waals surface area contributed by atoms with Gasteiger partial charge in [-0.1, -0.05) is 13.8 Å². The smallest absolute Gasteiger partial charge is 0.0762 e. The van der Waals surface area contributed by atoms with Crippen LogP contribution in [0, 0.1) is 5.92 Å². The molecule has 4 heteroatoms. The summed E-state index contributed by atoms with van der Waals surface area (Å²) in [6.45, 7) is 9.15. The van der Waals surface area contributed by atoms with Crippen LogP contribution in [0.5, 0.6) is 0 Å². The van der Waals surface area contributed by atoms with E-state index in [4.69, 9.17) is 5.10 Å². The molecule has 0 amide bonds. The van der Waals surface area contributed by atoms with Gasteiger partial charge in [-0.15, -0.1) is 0 Å². The molecule has 0 spiro atoms. The summed E-state index contributed by atoms with van der Waals surface area (Å²) in [7, 11) is 0. The fourth-order valence-corrected chi connectivity index (χ4v) is 3.54. The lowest BCUT2D eigenvalue weighted by Crippen LogP contribution is -2.27. The van der Waals surface area contributed by atoms with E-state index in [1.807, 2.05) is 0 Å². The Hall–Kier alpha value is -0.870. The molecule has 21 heavy (non-hydrogen) atoms. The summed E-state index contributed by atoms with van der Waals surface area (Å²) < 4.78 is 2.14. The number of likely N-dealkylation sites (tertiary alicyclic amines) is 1. The van der Waals surface area contributed by atoms with Gasteiger partial charge in [0, 0.05) is 25.3 Å². The van der Waals surface area contributed by atoms with E-state index in [1.54, 1.807) is 0 Å². The van der Waals surface area contributed by atoms with Crippen molar-refractivity contribution >= 4 is 0 Å². The fourth-order valence-electron chi connectivity index (χ4n) is 3.54. The van der Waals surface area contributed by atoms with E-state index in [2.05, 4.69) is 41.0 Å². The molecule has 1 saturated carbocycles. The Morgan fingerprint density at radius 2 is 2.10 bits per heavy atom. The monoisotopic (exact) mass is 290 g/mol. The highest BCUT2D eigenvalue weighted by molar-refractivity contribution is 4.99. The number of nitrogens with one attached hydrogen (secondary N) is 1. The Morgan fingerprint density at radius 1 is 1.29 bits per heavy atom. The molecule has 3 rings (SSSR count). The molecule has 1 aromatic rings. The van der Waals surface area contributed by atoms with Gasteiger partial charge in [0.2, 0.25) is 0 Å². The minimum Gasteiger partial charge on any atom is -0.311 e. The quantitative estimate of drug-likeness (QED) is 0.799. The normalized spacial score (nSPS) is 23.3. The summed E-state index contributed by atoms with van der Waals surface area (Å²) in [5.74, 6) is 0.840. The molecule has 1 aromatic heterocycles. The minimum absolute atomic E-state index is 0.556. The van der Waals surface area contributed by atoms with Crippen LogP contribution < -0.4 is 5.32 Å². The first-order valence-corrected chi connectivity index (χ1v) is 8.79. The van der Waals surface area contributed by atoms with Gasteiger partial charge in [0.25, 0.3) is 0 Å². The summed E-state index contributed by atoms with van der Waals surface area (Å²) in [6.07, 6.45) is 8.69. The topological polar surface area (TPSA) is 33.1 Å². The largest absolute Gasteiger partial charge is 0.311 e. The highest BCUT2D eigenvalue weighted by Gasteiger charge is 2.33. The summed E-state index contributed by atoms with van der Waals surface area (Å²) in [5, 5.41) is 8.32. The Balaban J connectivity index is 1.39. The number of hydrogen-bond acceptors (Lipinski definition) is 3. The van der Waals surface area contributed by atoms with Crippen LogP contribution in [0.4, 0.5) is 0 Å². The van der Waals surface area contributed by atoms with Crippen LogP contribution in [0.15, 0.2) is 12.3 Å². The molecule has 2 heterocycles. The zero-order valence-corrected chi connectivity index (χ0v) is 13.6. The Labute approximate surface area is 128 Å². The van der Waals surface area contributed by atoms with Gasteiger partial charge >= 0.3 is 0 Å². The number of hydrogen-bond donors (Lipinski definition) is 1. The average Bonchev–Trinajstić information content (AvgIpc) is 3.06. The van der Waals surface area contributed by atoms with Crippen LogP contribution >= 0.6 is 0 Å². The van der Waals surface area contributed by atoms with Crippen LogP contribution in [0.3, 0.4) is 0 Å². The standard InChI is InChI=1S/C17H30N4/c1-3-16(4-2)21-10-8-15(19-21)12-18-11-14-7-9-20(13-14)17-5-6-17/h8,10,14,16-18H,3-7,9,11-13H2,1-2H3. The van der Waals surface area contributed by atoms with Crippen molar-refractivity contribution < 1.29 is 0 Å². The average molecular weight is 290 g/mol. The fraction of sp³-hybridized carbons (Fsp3) is 0.824. The summed E-state index contributed by atoms with van der Waals surface area (Å²) in [5.41, 5.74) is 1.18. The van der Waals surface area contributed by atoms with E-state index in [9.17, 15) is 0 Å². The van der Waals surface area contributed by atoms with Gasteiger partial charge in [-0.25, -0.2) is 0 Å². The van der Waals surface area contributed by atoms with Crippen molar-refractivity contribution in [3.8, 4) is 0 Å². The first-order valence-electron chi connectivity index (χ1n) is 8.79. The lowest BCUT2D eigenvalue weighted by atomic mass is 10.1. The summed E-state index contributed by atoms with van der Waals surface area (Å²) in [6, 6.07) is 3.66. The molecule has 1 N–H and O–H groups in total. The molecule has 1 aliphatic heterocycles. The predicted molar refractivity (Wildman–Crippen MR) is 86.3 cm³/mol. The lowest BCUT2D eigenvalue weighted by molar-refractivity contribution is 0.311. The summed E-state index contributed by atoms with van der Waals surface area (Å²) >= 11 is 0. The van der Waals surface area contributed by atoms with Gasteiger partial charge < -0.3 is 10.2 Å². The van der Waals surface area contributed by atoms with Crippen molar-refractivity contribution in [1.82, 2.24) is 20.0 Å². The van der Waals surface area contributed by atoms with Gasteiger partial charge in [0.05, 0.1) is 11.7 Å². The molecular formula is C17H30N4. The summed E-state index contributed by atoms with van der Waals surface area (Å²) in [4.78, 5) is 2.69. The third-order valence-electron chi connectivity index (χ3n) is 5.10. The number of aromatic nitrogens is 2. The second kappa shape index (κ2) is 6.93. The van der Waals surface area contributed by atoms with Crippen LogP contribution in [-0.4, -0.2) is 40.4 Å². The first-order chi connectivity index (χ1) is 10.3. The molecule has 0 bridgehead atoms. The first kappa shape index (κ1) is 15.0. The van der Waals surface area contributed by atoms with Crippen molar-refractivity contribution in [3.05, 3.63) is 18.0 Å². The maximum Gasteiger partial charge on any atom is 0.0762 e. The molecule has 4 nitrogen and oxygen atoms in total. The molecule has 0 aromatic carbocycles. The molecule has 1 aliphatic carbocycles. The second-order valence-corrected chi connectivity index (χ2v) is 6.77. The van der Waals surface area contributed by atoms with Gasteiger partial charge in [0.15, 0.2) is 0 Å². The molecule has 1 atom stereocenters. The van der Waals surface area contributed by atoms with Crippen molar-refractivity contribution in [2.75, 3.05) is 19.6 Å². The van der Waals surface area contributed by atoms with E-state index >= 15 is 0 Å². The van der Waals surface area contributed by atoms with Gasteiger partial charge in [-0.3, -0.25) is 4.68 Å². The molecular weight excluding hydrogens is 260 g/mol. The van der Waals surface area contributed by atoms with Crippen LogP contribution in [0.1, 0.15) is 57.7 Å². The van der Waals surface area contributed by atoms with Crippen molar-refractivity contribution in [2.24, 2.45) is 5.92 Å². The second-order valence-electron chi connectivity index (χ2n) is 6.77. The van der Waals surface area contributed by atoms with Gasteiger partial charge in [0.1, 0.15) is 0 Å². The maximum atomic E-state index is 4.71. The Bertz CT molecular complexity index is 434. The molecule has 118 valence electrons. The molecule has 0 radical (unpaired) electrons. The molecule has 1 saturated heterocycles. The SMILES string of the molecule is CCC(CC)n1ccc(CNCC2CCN(C3CC3)C2)n1. The third kappa shape index (κ3) is 3.86. The number of nitrogens with zero attached hydrogens (tertiary/aromatic N) is 3. The van der Waals surface area contributed by atoms with Crippen LogP contribution in [-0.2, 0) is 6.54 Å². The van der Waals surface area contributed by atoms with Crippen molar-refractivity contribution in [2.45, 2.75) is 64.6 Å². The van der Waals surface area contributed by atoms with E-state index in [0.29, 0.717) is 6.04 Å². The predicted octanol–water partition coefficient (Wildman–Crippen LogP) is 2.82. The van der Waals surface area contributed by atoms with Crippen molar-refractivity contribution in [1.29, 1.82) is 0 Å². The lowest BCUT2D eigenvalue weighted by Gasteiger charge is -2.15. The van der Waals surface area contributed by atoms with Crippen molar-refractivity contribution in [3.63, 3.8) is 0 Å². The Kier molecular flexibility index (Phi) is 4.96. The number of rotatable bonds is 8. The highest BCUT2D eigenvalue weighted by atomic mass is 15.3. The maximum absolute atomic E-state index is 4.71. The van der Waals surface area contributed by atoms with Gasteiger partial charge in [-0.05, 0) is 57.2 Å².